The van der Waals surface area contributed by atoms with Crippen molar-refractivity contribution >= 4 is 11.8 Å². The molecule has 2 aromatic rings. The highest BCUT2D eigenvalue weighted by Crippen LogP contribution is 2.19. The Morgan fingerprint density at radius 3 is 2.23 bits per heavy atom. The fourth-order valence-corrected chi connectivity index (χ4v) is 4.61. The second kappa shape index (κ2) is 10.6. The second-order valence-corrected chi connectivity index (χ2v) is 9.20. The summed E-state index contributed by atoms with van der Waals surface area (Å²) in [5, 5.41) is 3.20. The predicted octanol–water partition coefficient (Wildman–Crippen LogP) is 5.02. The molecule has 0 bridgehead atoms. The average molecular weight is 421 g/mol. The molecule has 2 amide bonds. The first-order chi connectivity index (χ1) is 14.8. The summed E-state index contributed by atoms with van der Waals surface area (Å²) < 4.78 is 0. The summed E-state index contributed by atoms with van der Waals surface area (Å²) in [6.45, 7) is 8.43. The molecule has 1 unspecified atom stereocenters. The minimum Gasteiger partial charge on any atom is -0.352 e. The Hall–Kier alpha value is -2.62. The first-order valence-corrected chi connectivity index (χ1v) is 11.5. The minimum atomic E-state index is -0.513. The molecule has 1 atom stereocenters. The van der Waals surface area contributed by atoms with Crippen LogP contribution in [0.25, 0.3) is 0 Å². The van der Waals surface area contributed by atoms with Crippen molar-refractivity contribution in [2.45, 2.75) is 84.8 Å². The van der Waals surface area contributed by atoms with Crippen LogP contribution in [0.4, 0.5) is 0 Å². The molecular weight excluding hydrogens is 384 g/mol. The summed E-state index contributed by atoms with van der Waals surface area (Å²) in [5.41, 5.74) is 5.49. The monoisotopic (exact) mass is 420 g/mol. The summed E-state index contributed by atoms with van der Waals surface area (Å²) in [4.78, 5) is 28.2. The van der Waals surface area contributed by atoms with Crippen LogP contribution < -0.4 is 5.32 Å². The van der Waals surface area contributed by atoms with E-state index in [0.717, 1.165) is 53.5 Å². The number of benzene rings is 2. The quantitative estimate of drug-likeness (QED) is 0.684. The Balaban J connectivity index is 1.78. The number of aryl methyl sites for hydroxylation is 3. The van der Waals surface area contributed by atoms with E-state index in [-0.39, 0.29) is 17.9 Å². The van der Waals surface area contributed by atoms with Gasteiger partial charge in [-0.05, 0) is 51.7 Å². The maximum absolute atomic E-state index is 13.4. The van der Waals surface area contributed by atoms with Crippen molar-refractivity contribution in [3.8, 4) is 0 Å². The van der Waals surface area contributed by atoms with Gasteiger partial charge in [-0.15, -0.1) is 0 Å². The predicted molar refractivity (Wildman–Crippen MR) is 126 cm³/mol. The van der Waals surface area contributed by atoms with E-state index in [0.29, 0.717) is 13.0 Å². The molecule has 4 nitrogen and oxygen atoms in total. The van der Waals surface area contributed by atoms with Crippen molar-refractivity contribution in [3.63, 3.8) is 0 Å². The third kappa shape index (κ3) is 6.68. The molecule has 0 heterocycles. The molecule has 1 fully saturated rings. The lowest BCUT2D eigenvalue weighted by atomic mass is 9.95. The van der Waals surface area contributed by atoms with Gasteiger partial charge in [-0.3, -0.25) is 9.59 Å². The highest BCUT2D eigenvalue weighted by atomic mass is 16.2. The van der Waals surface area contributed by atoms with Crippen LogP contribution in [-0.4, -0.2) is 28.8 Å². The lowest BCUT2D eigenvalue weighted by Gasteiger charge is -2.31. The number of hydrogen-bond acceptors (Lipinski definition) is 2. The van der Waals surface area contributed by atoms with E-state index in [4.69, 9.17) is 0 Å². The van der Waals surface area contributed by atoms with Crippen molar-refractivity contribution < 1.29 is 9.59 Å². The molecule has 166 valence electrons. The normalized spacial score (nSPS) is 15.4. The molecule has 0 radical (unpaired) electrons. The molecule has 1 N–H and O–H groups in total. The van der Waals surface area contributed by atoms with Crippen molar-refractivity contribution in [2.24, 2.45) is 0 Å². The Kier molecular flexibility index (Phi) is 7.89. The zero-order valence-electron chi connectivity index (χ0n) is 19.4. The summed E-state index contributed by atoms with van der Waals surface area (Å²) in [5.74, 6) is -0.0638. The maximum Gasteiger partial charge on any atom is 0.242 e. The molecule has 31 heavy (non-hydrogen) atoms. The third-order valence-electron chi connectivity index (χ3n) is 6.19. The summed E-state index contributed by atoms with van der Waals surface area (Å²) in [6, 6.07) is 14.1. The third-order valence-corrected chi connectivity index (χ3v) is 6.19. The molecule has 1 aliphatic carbocycles. The van der Waals surface area contributed by atoms with Gasteiger partial charge in [-0.25, -0.2) is 0 Å². The number of amides is 2. The Labute approximate surface area is 187 Å². The van der Waals surface area contributed by atoms with Crippen molar-refractivity contribution in [1.29, 1.82) is 0 Å². The Bertz CT molecular complexity index is 895. The second-order valence-electron chi connectivity index (χ2n) is 9.20. The van der Waals surface area contributed by atoms with Gasteiger partial charge in [0.25, 0.3) is 0 Å². The molecule has 0 aromatic heterocycles. The van der Waals surface area contributed by atoms with Crippen LogP contribution >= 0.6 is 0 Å². The van der Waals surface area contributed by atoms with Gasteiger partial charge in [0.15, 0.2) is 0 Å². The zero-order valence-corrected chi connectivity index (χ0v) is 19.4. The van der Waals surface area contributed by atoms with Crippen LogP contribution in [0.15, 0.2) is 42.5 Å². The van der Waals surface area contributed by atoms with E-state index in [9.17, 15) is 9.59 Å². The van der Waals surface area contributed by atoms with Gasteiger partial charge in [-0.2, -0.15) is 0 Å². The highest BCUT2D eigenvalue weighted by molar-refractivity contribution is 5.88. The Morgan fingerprint density at radius 1 is 0.935 bits per heavy atom. The highest BCUT2D eigenvalue weighted by Gasteiger charge is 2.28. The standard InChI is InChI=1S/C27H36N2O2/c1-19-9-8-10-23(14-19)18-29(22(4)27(31)28-25-11-6-5-7-12-25)26(30)17-24-15-20(2)13-21(3)16-24/h8-10,13-16,22,25H,5-7,11-12,17-18H2,1-4H3,(H,28,31). The fraction of sp³-hybridized carbons (Fsp3) is 0.481. The van der Waals surface area contributed by atoms with E-state index < -0.39 is 6.04 Å². The number of nitrogens with zero attached hydrogens (tertiary/aromatic N) is 1. The molecule has 4 heteroatoms. The molecule has 0 aliphatic heterocycles. The van der Waals surface area contributed by atoms with E-state index in [1.165, 1.54) is 6.42 Å². The zero-order chi connectivity index (χ0) is 22.4. The van der Waals surface area contributed by atoms with Gasteiger partial charge in [0.2, 0.25) is 11.8 Å². The van der Waals surface area contributed by atoms with Crippen LogP contribution in [0.5, 0.6) is 0 Å². The Morgan fingerprint density at radius 2 is 1.58 bits per heavy atom. The van der Waals surface area contributed by atoms with E-state index in [2.05, 4.69) is 29.6 Å². The molecule has 2 aromatic carbocycles. The first kappa shape index (κ1) is 23.1. The van der Waals surface area contributed by atoms with Gasteiger partial charge in [0, 0.05) is 12.6 Å². The van der Waals surface area contributed by atoms with Crippen LogP contribution in [0.3, 0.4) is 0 Å². The van der Waals surface area contributed by atoms with Crippen LogP contribution in [0.2, 0.25) is 0 Å². The lowest BCUT2D eigenvalue weighted by Crippen LogP contribution is -2.50. The minimum absolute atomic E-state index is 0.0159. The lowest BCUT2D eigenvalue weighted by molar-refractivity contribution is -0.140. The molecular formula is C27H36N2O2. The molecule has 0 saturated heterocycles. The van der Waals surface area contributed by atoms with Gasteiger partial charge < -0.3 is 10.2 Å². The maximum atomic E-state index is 13.4. The molecule has 0 spiro atoms. The van der Waals surface area contributed by atoms with Crippen LogP contribution in [0.1, 0.15) is 66.8 Å². The number of rotatable bonds is 7. The smallest absolute Gasteiger partial charge is 0.242 e. The number of carbonyl (C=O) groups is 2. The van der Waals surface area contributed by atoms with Crippen LogP contribution in [-0.2, 0) is 22.6 Å². The number of nitrogens with one attached hydrogen (secondary N) is 1. The molecule has 1 aliphatic rings. The van der Waals surface area contributed by atoms with Gasteiger partial charge in [-0.1, -0.05) is 78.4 Å². The summed E-state index contributed by atoms with van der Waals surface area (Å²) in [6.07, 6.45) is 5.95. The van der Waals surface area contributed by atoms with Gasteiger partial charge >= 0.3 is 0 Å². The van der Waals surface area contributed by atoms with Crippen molar-refractivity contribution in [3.05, 3.63) is 70.3 Å². The first-order valence-electron chi connectivity index (χ1n) is 11.5. The van der Waals surface area contributed by atoms with Gasteiger partial charge in [0.1, 0.15) is 6.04 Å². The summed E-state index contributed by atoms with van der Waals surface area (Å²) >= 11 is 0. The fourth-order valence-electron chi connectivity index (χ4n) is 4.61. The number of hydrogen-bond donors (Lipinski definition) is 1. The molecule has 3 rings (SSSR count). The van der Waals surface area contributed by atoms with Gasteiger partial charge in [0.05, 0.1) is 6.42 Å². The molecule has 1 saturated carbocycles. The van der Waals surface area contributed by atoms with E-state index in [1.54, 1.807) is 4.90 Å². The van der Waals surface area contributed by atoms with E-state index >= 15 is 0 Å². The van der Waals surface area contributed by atoms with E-state index in [1.807, 2.05) is 45.9 Å². The SMILES string of the molecule is Cc1cc(C)cc(CC(=O)N(Cc2cccc(C)c2)C(C)C(=O)NC2CCCCC2)c1. The largest absolute Gasteiger partial charge is 0.352 e. The van der Waals surface area contributed by atoms with Crippen molar-refractivity contribution in [1.82, 2.24) is 10.2 Å². The number of carbonyl (C=O) groups excluding carboxylic acids is 2. The summed E-state index contributed by atoms with van der Waals surface area (Å²) in [7, 11) is 0. The van der Waals surface area contributed by atoms with Crippen molar-refractivity contribution in [2.75, 3.05) is 0 Å². The topological polar surface area (TPSA) is 49.4 Å². The average Bonchev–Trinajstić information content (AvgIpc) is 2.71. The van der Waals surface area contributed by atoms with Crippen LogP contribution in [0, 0.1) is 20.8 Å².